The van der Waals surface area contributed by atoms with Crippen LogP contribution in [0.25, 0.3) is 11.4 Å². The van der Waals surface area contributed by atoms with E-state index in [0.29, 0.717) is 6.04 Å². The van der Waals surface area contributed by atoms with Crippen LogP contribution in [0.5, 0.6) is 0 Å². The summed E-state index contributed by atoms with van der Waals surface area (Å²) in [6.45, 7) is 9.03. The monoisotopic (exact) mass is 351 g/mol. The Morgan fingerprint density at radius 1 is 0.962 bits per heavy atom. The van der Waals surface area contributed by atoms with Crippen LogP contribution in [0.3, 0.4) is 0 Å². The number of aromatic nitrogens is 2. The second-order valence-corrected chi connectivity index (χ2v) is 7.74. The van der Waals surface area contributed by atoms with Crippen LogP contribution < -0.4 is 4.90 Å². The van der Waals surface area contributed by atoms with Gasteiger partial charge in [0.15, 0.2) is 5.82 Å². The molecule has 3 heterocycles. The third-order valence-corrected chi connectivity index (χ3v) is 5.68. The third kappa shape index (κ3) is 3.89. The summed E-state index contributed by atoms with van der Waals surface area (Å²) in [4.78, 5) is 16.5. The maximum Gasteiger partial charge on any atom is 0.159 e. The molecule has 0 radical (unpaired) electrons. The van der Waals surface area contributed by atoms with Crippen molar-refractivity contribution in [3.8, 4) is 11.4 Å². The van der Waals surface area contributed by atoms with Crippen molar-refractivity contribution in [3.05, 3.63) is 42.2 Å². The highest BCUT2D eigenvalue weighted by Crippen LogP contribution is 2.22. The van der Waals surface area contributed by atoms with Crippen molar-refractivity contribution in [2.45, 2.75) is 32.4 Å². The van der Waals surface area contributed by atoms with Gasteiger partial charge >= 0.3 is 0 Å². The van der Waals surface area contributed by atoms with Crippen LogP contribution in [0.1, 0.15) is 25.3 Å². The van der Waals surface area contributed by atoms with Gasteiger partial charge in [-0.2, -0.15) is 0 Å². The van der Waals surface area contributed by atoms with Crippen LogP contribution in [-0.2, 0) is 6.54 Å². The lowest BCUT2D eigenvalue weighted by Crippen LogP contribution is -2.49. The normalized spacial score (nSPS) is 22.1. The second-order valence-electron chi connectivity index (χ2n) is 7.74. The molecule has 138 valence electrons. The van der Waals surface area contributed by atoms with Crippen LogP contribution in [0.4, 0.5) is 5.69 Å². The minimum Gasteiger partial charge on any atom is -0.369 e. The van der Waals surface area contributed by atoms with E-state index in [1.54, 1.807) is 0 Å². The number of piperazine rings is 1. The molecule has 2 saturated heterocycles. The SMILES string of the molecule is C[C@H]1CN(C)CCN1Cc1ccc(-c2ncc(N3CCCC3)cn2)cc1. The fourth-order valence-electron chi connectivity index (χ4n) is 4.01. The molecule has 5 nitrogen and oxygen atoms in total. The minimum absolute atomic E-state index is 0.606. The van der Waals surface area contributed by atoms with Crippen LogP contribution in [0.15, 0.2) is 36.7 Å². The van der Waals surface area contributed by atoms with Crippen molar-refractivity contribution in [2.24, 2.45) is 0 Å². The zero-order chi connectivity index (χ0) is 17.9. The van der Waals surface area contributed by atoms with Gasteiger partial charge in [-0.3, -0.25) is 4.90 Å². The molecule has 5 heteroatoms. The van der Waals surface area contributed by atoms with Gasteiger partial charge in [-0.25, -0.2) is 9.97 Å². The summed E-state index contributed by atoms with van der Waals surface area (Å²) in [6.07, 6.45) is 6.48. The standard InChI is InChI=1S/C21H29N5/c1-17-15-24(2)11-12-26(17)16-18-5-7-19(8-6-18)21-22-13-20(14-23-21)25-9-3-4-10-25/h5-8,13-14,17H,3-4,9-12,15-16H2,1-2H3/t17-/m0/s1. The number of benzene rings is 1. The fraction of sp³-hybridized carbons (Fsp3) is 0.524. The van der Waals surface area contributed by atoms with E-state index in [0.717, 1.165) is 56.3 Å². The summed E-state index contributed by atoms with van der Waals surface area (Å²) in [5, 5.41) is 0. The minimum atomic E-state index is 0.606. The van der Waals surface area contributed by atoms with Crippen LogP contribution in [-0.4, -0.2) is 65.6 Å². The van der Waals surface area contributed by atoms with Gasteiger partial charge < -0.3 is 9.80 Å². The fourth-order valence-corrected chi connectivity index (χ4v) is 4.01. The highest BCUT2D eigenvalue weighted by atomic mass is 15.3. The van der Waals surface area contributed by atoms with E-state index in [-0.39, 0.29) is 0 Å². The summed E-state index contributed by atoms with van der Waals surface area (Å²) < 4.78 is 0. The highest BCUT2D eigenvalue weighted by molar-refractivity contribution is 5.57. The molecule has 0 amide bonds. The summed E-state index contributed by atoms with van der Waals surface area (Å²) in [5.74, 6) is 0.812. The van der Waals surface area contributed by atoms with E-state index >= 15 is 0 Å². The molecule has 0 unspecified atom stereocenters. The molecule has 0 spiro atoms. The van der Waals surface area contributed by atoms with Crippen LogP contribution >= 0.6 is 0 Å². The number of anilines is 1. The first-order chi connectivity index (χ1) is 12.7. The first-order valence-electron chi connectivity index (χ1n) is 9.78. The number of rotatable bonds is 4. The summed E-state index contributed by atoms with van der Waals surface area (Å²) >= 11 is 0. The molecule has 26 heavy (non-hydrogen) atoms. The Bertz CT molecular complexity index is 706. The molecular weight excluding hydrogens is 322 g/mol. The van der Waals surface area contributed by atoms with Crippen molar-refractivity contribution in [2.75, 3.05) is 44.7 Å². The predicted molar refractivity (Wildman–Crippen MR) is 106 cm³/mol. The summed E-state index contributed by atoms with van der Waals surface area (Å²) in [6, 6.07) is 9.35. The Balaban J connectivity index is 1.41. The quantitative estimate of drug-likeness (QED) is 0.846. The maximum atomic E-state index is 4.59. The van der Waals surface area contributed by atoms with Crippen molar-refractivity contribution in [1.82, 2.24) is 19.8 Å². The lowest BCUT2D eigenvalue weighted by molar-refractivity contribution is 0.0938. The van der Waals surface area contributed by atoms with Gasteiger partial charge in [0.1, 0.15) is 0 Å². The van der Waals surface area contributed by atoms with Crippen molar-refractivity contribution < 1.29 is 0 Å². The molecular formula is C21H29N5. The first-order valence-corrected chi connectivity index (χ1v) is 9.78. The average molecular weight is 351 g/mol. The van der Waals surface area contributed by atoms with Gasteiger partial charge in [0.2, 0.25) is 0 Å². The first kappa shape index (κ1) is 17.4. The van der Waals surface area contributed by atoms with Crippen LogP contribution in [0, 0.1) is 0 Å². The third-order valence-electron chi connectivity index (χ3n) is 5.68. The van der Waals surface area contributed by atoms with Crippen molar-refractivity contribution >= 4 is 5.69 Å². The zero-order valence-corrected chi connectivity index (χ0v) is 15.9. The van der Waals surface area contributed by atoms with Gasteiger partial charge in [-0.05, 0) is 32.4 Å². The van der Waals surface area contributed by atoms with Gasteiger partial charge in [-0.15, -0.1) is 0 Å². The lowest BCUT2D eigenvalue weighted by Gasteiger charge is -2.38. The molecule has 2 aromatic rings. The van der Waals surface area contributed by atoms with Gasteiger partial charge in [-0.1, -0.05) is 24.3 Å². The summed E-state index contributed by atoms with van der Waals surface area (Å²) in [5.41, 5.74) is 3.60. The molecule has 1 aromatic heterocycles. The molecule has 2 aliphatic rings. The Kier molecular flexibility index (Phi) is 5.18. The topological polar surface area (TPSA) is 35.5 Å². The smallest absolute Gasteiger partial charge is 0.159 e. The molecule has 1 aromatic carbocycles. The molecule has 4 rings (SSSR count). The number of likely N-dealkylation sites (N-methyl/N-ethyl adjacent to an activating group) is 1. The Morgan fingerprint density at radius 2 is 1.65 bits per heavy atom. The molecule has 1 atom stereocenters. The Labute approximate surface area is 156 Å². The van der Waals surface area contributed by atoms with Crippen LogP contribution in [0.2, 0.25) is 0 Å². The number of nitrogens with zero attached hydrogens (tertiary/aromatic N) is 5. The molecule has 0 bridgehead atoms. The van der Waals surface area contributed by atoms with E-state index < -0.39 is 0 Å². The van der Waals surface area contributed by atoms with Gasteiger partial charge in [0.25, 0.3) is 0 Å². The lowest BCUT2D eigenvalue weighted by atomic mass is 10.1. The van der Waals surface area contributed by atoms with E-state index in [1.165, 1.54) is 18.4 Å². The Hall–Kier alpha value is -1.98. The van der Waals surface area contributed by atoms with E-state index in [2.05, 4.69) is 62.9 Å². The highest BCUT2D eigenvalue weighted by Gasteiger charge is 2.21. The van der Waals surface area contributed by atoms with Crippen molar-refractivity contribution in [3.63, 3.8) is 0 Å². The second kappa shape index (κ2) is 7.72. The predicted octanol–water partition coefficient (Wildman–Crippen LogP) is 2.88. The Morgan fingerprint density at radius 3 is 2.31 bits per heavy atom. The van der Waals surface area contributed by atoms with Gasteiger partial charge in [0.05, 0.1) is 18.1 Å². The molecule has 2 fully saturated rings. The van der Waals surface area contributed by atoms with Gasteiger partial charge in [0, 0.05) is 50.9 Å². The molecule has 0 saturated carbocycles. The van der Waals surface area contributed by atoms with E-state index in [4.69, 9.17) is 0 Å². The van der Waals surface area contributed by atoms with E-state index in [9.17, 15) is 0 Å². The zero-order valence-electron chi connectivity index (χ0n) is 15.9. The van der Waals surface area contributed by atoms with Crippen molar-refractivity contribution in [1.29, 1.82) is 0 Å². The molecule has 2 aliphatic heterocycles. The number of hydrogen-bond acceptors (Lipinski definition) is 5. The largest absolute Gasteiger partial charge is 0.369 e. The molecule has 0 N–H and O–H groups in total. The summed E-state index contributed by atoms with van der Waals surface area (Å²) in [7, 11) is 2.21. The van der Waals surface area contributed by atoms with E-state index in [1.807, 2.05) is 12.4 Å². The average Bonchev–Trinajstić information content (AvgIpc) is 3.20. The molecule has 0 aliphatic carbocycles. The maximum absolute atomic E-state index is 4.59. The number of hydrogen-bond donors (Lipinski definition) is 0.